The van der Waals surface area contributed by atoms with Crippen LogP contribution in [0.15, 0.2) is 48.8 Å². The predicted octanol–water partition coefficient (Wildman–Crippen LogP) is 2.00. The first-order valence-corrected chi connectivity index (χ1v) is 8.40. The van der Waals surface area contributed by atoms with Gasteiger partial charge in [0.1, 0.15) is 0 Å². The molecule has 1 aliphatic heterocycles. The van der Waals surface area contributed by atoms with Crippen molar-refractivity contribution in [1.29, 1.82) is 0 Å². The summed E-state index contributed by atoms with van der Waals surface area (Å²) >= 11 is 0. The summed E-state index contributed by atoms with van der Waals surface area (Å²) in [5.41, 5.74) is 3.47. The predicted molar refractivity (Wildman–Crippen MR) is 93.4 cm³/mol. The zero-order valence-corrected chi connectivity index (χ0v) is 13.8. The minimum absolute atomic E-state index is 0.254. The number of fused-ring (bicyclic) bond motifs is 1. The second kappa shape index (κ2) is 6.34. The topological polar surface area (TPSA) is 54.2 Å². The van der Waals surface area contributed by atoms with Crippen LogP contribution in [0, 0.1) is 5.92 Å². The van der Waals surface area contributed by atoms with E-state index in [9.17, 15) is 5.11 Å². The van der Waals surface area contributed by atoms with Crippen LogP contribution in [0.2, 0.25) is 0 Å². The molecule has 0 radical (unpaired) electrons. The molecule has 0 saturated carbocycles. The Morgan fingerprint density at radius 2 is 2.00 bits per heavy atom. The molecule has 124 valence electrons. The molecule has 1 fully saturated rings. The highest BCUT2D eigenvalue weighted by Crippen LogP contribution is 2.26. The van der Waals surface area contributed by atoms with Gasteiger partial charge in [0, 0.05) is 50.4 Å². The largest absolute Gasteiger partial charge is 0.391 e. The second-order valence-electron chi connectivity index (χ2n) is 6.66. The molecule has 2 atom stereocenters. The van der Waals surface area contributed by atoms with E-state index in [0.29, 0.717) is 0 Å². The van der Waals surface area contributed by atoms with Crippen molar-refractivity contribution < 1.29 is 5.11 Å². The van der Waals surface area contributed by atoms with Crippen molar-refractivity contribution in [2.45, 2.75) is 19.1 Å². The minimum Gasteiger partial charge on any atom is -0.391 e. The molecule has 2 aromatic heterocycles. The van der Waals surface area contributed by atoms with Gasteiger partial charge in [-0.1, -0.05) is 18.2 Å². The van der Waals surface area contributed by atoms with Gasteiger partial charge >= 0.3 is 0 Å². The molecule has 1 N–H and O–H groups in total. The van der Waals surface area contributed by atoms with Gasteiger partial charge in [-0.05, 0) is 30.2 Å². The maximum atomic E-state index is 10.5. The Morgan fingerprint density at radius 3 is 2.83 bits per heavy atom. The van der Waals surface area contributed by atoms with E-state index in [0.717, 1.165) is 31.6 Å². The molecular weight excluding hydrogens is 300 g/mol. The number of pyridine rings is 1. The third kappa shape index (κ3) is 2.92. The monoisotopic (exact) mass is 322 g/mol. The van der Waals surface area contributed by atoms with Gasteiger partial charge in [0.25, 0.3) is 0 Å². The molecule has 0 aliphatic carbocycles. The van der Waals surface area contributed by atoms with Crippen molar-refractivity contribution in [3.63, 3.8) is 0 Å². The Hall–Kier alpha value is -2.24. The van der Waals surface area contributed by atoms with Gasteiger partial charge in [-0.15, -0.1) is 0 Å². The van der Waals surface area contributed by atoms with Crippen LogP contribution in [0.25, 0.3) is 10.9 Å². The van der Waals surface area contributed by atoms with Crippen LogP contribution in [0.4, 0.5) is 0 Å². The Labute approximate surface area is 141 Å². The van der Waals surface area contributed by atoms with Gasteiger partial charge in [0.2, 0.25) is 0 Å². The summed E-state index contributed by atoms with van der Waals surface area (Å²) in [4.78, 5) is 6.74. The van der Waals surface area contributed by atoms with Gasteiger partial charge in [0.15, 0.2) is 0 Å². The lowest BCUT2D eigenvalue weighted by Crippen LogP contribution is -2.22. The number of hydrogen-bond acceptors (Lipinski definition) is 4. The smallest absolute Gasteiger partial charge is 0.0710 e. The normalized spacial score (nSPS) is 21.6. The van der Waals surface area contributed by atoms with Gasteiger partial charge in [-0.2, -0.15) is 5.10 Å². The number of para-hydroxylation sites is 1. The highest BCUT2D eigenvalue weighted by Gasteiger charge is 2.31. The van der Waals surface area contributed by atoms with Gasteiger partial charge < -0.3 is 5.11 Å². The maximum Gasteiger partial charge on any atom is 0.0710 e. The Kier molecular flexibility index (Phi) is 4.04. The summed E-state index contributed by atoms with van der Waals surface area (Å²) in [5.74, 6) is 0.254. The number of aliphatic hydroxyl groups excluding tert-OH is 1. The summed E-state index contributed by atoms with van der Waals surface area (Å²) in [6.07, 6.45) is 4.28. The van der Waals surface area contributed by atoms with Crippen LogP contribution in [-0.2, 0) is 20.0 Å². The number of nitrogens with zero attached hydrogens (tertiary/aromatic N) is 4. The highest BCUT2D eigenvalue weighted by molar-refractivity contribution is 5.81. The highest BCUT2D eigenvalue weighted by atomic mass is 16.3. The summed E-state index contributed by atoms with van der Waals surface area (Å²) in [5, 5.41) is 15.9. The third-order valence-corrected chi connectivity index (χ3v) is 5.01. The quantitative estimate of drug-likeness (QED) is 0.798. The summed E-state index contributed by atoms with van der Waals surface area (Å²) in [7, 11) is 1.96. The lowest BCUT2D eigenvalue weighted by Gasteiger charge is -2.16. The fourth-order valence-corrected chi connectivity index (χ4v) is 3.67. The molecule has 0 bridgehead atoms. The fourth-order valence-electron chi connectivity index (χ4n) is 3.67. The van der Waals surface area contributed by atoms with Crippen LogP contribution in [-0.4, -0.2) is 44.0 Å². The van der Waals surface area contributed by atoms with Crippen molar-refractivity contribution in [3.05, 3.63) is 60.0 Å². The van der Waals surface area contributed by atoms with Crippen molar-refractivity contribution in [2.75, 3.05) is 13.1 Å². The standard InChI is InChI=1S/C19H22N4O/c1-22-16(7-9-21-22)12-23-11-15(19(24)13-23)10-14-6-8-20-18-5-3-2-4-17(14)18/h2-9,15,19,24H,10-13H2,1H3/t15-,19+/m1/s1. The first-order valence-electron chi connectivity index (χ1n) is 8.40. The number of β-amino-alcohol motifs (C(OH)–C–C–N with tert-alkyl or cyclic N) is 1. The molecule has 5 heteroatoms. The SMILES string of the molecule is Cn1nccc1CN1C[C@@H](Cc2ccnc3ccccc23)[C@@H](O)C1. The van der Waals surface area contributed by atoms with E-state index in [1.54, 1.807) is 0 Å². The van der Waals surface area contributed by atoms with E-state index in [-0.39, 0.29) is 12.0 Å². The number of aliphatic hydroxyl groups is 1. The molecule has 0 unspecified atom stereocenters. The summed E-state index contributed by atoms with van der Waals surface area (Å²) in [6, 6.07) is 12.3. The van der Waals surface area contributed by atoms with Crippen molar-refractivity contribution in [3.8, 4) is 0 Å². The first-order chi connectivity index (χ1) is 11.7. The molecule has 3 heterocycles. The van der Waals surface area contributed by atoms with E-state index >= 15 is 0 Å². The molecule has 1 saturated heterocycles. The lowest BCUT2D eigenvalue weighted by atomic mass is 9.94. The zero-order chi connectivity index (χ0) is 16.5. The van der Waals surface area contributed by atoms with E-state index < -0.39 is 0 Å². The maximum absolute atomic E-state index is 10.5. The Bertz CT molecular complexity index is 839. The summed E-state index contributed by atoms with van der Waals surface area (Å²) < 4.78 is 1.90. The molecule has 5 nitrogen and oxygen atoms in total. The zero-order valence-electron chi connectivity index (χ0n) is 13.8. The molecule has 0 spiro atoms. The molecule has 0 amide bonds. The molecular formula is C19H22N4O. The summed E-state index contributed by atoms with van der Waals surface area (Å²) in [6.45, 7) is 2.46. The number of rotatable bonds is 4. The number of benzene rings is 1. The molecule has 4 rings (SSSR count). The van der Waals surface area contributed by atoms with Gasteiger partial charge in [-0.25, -0.2) is 0 Å². The molecule has 24 heavy (non-hydrogen) atoms. The molecule has 3 aromatic rings. The van der Waals surface area contributed by atoms with Gasteiger partial charge in [0.05, 0.1) is 17.3 Å². The average molecular weight is 322 g/mol. The Morgan fingerprint density at radius 1 is 1.12 bits per heavy atom. The van der Waals surface area contributed by atoms with Crippen LogP contribution in [0.1, 0.15) is 11.3 Å². The van der Waals surface area contributed by atoms with Crippen LogP contribution < -0.4 is 0 Å². The molecule has 1 aliphatic rings. The van der Waals surface area contributed by atoms with Crippen LogP contribution >= 0.6 is 0 Å². The van der Waals surface area contributed by atoms with E-state index in [2.05, 4.69) is 27.1 Å². The number of aromatic nitrogens is 3. The van der Waals surface area contributed by atoms with Crippen LogP contribution in [0.3, 0.4) is 0 Å². The third-order valence-electron chi connectivity index (χ3n) is 5.01. The van der Waals surface area contributed by atoms with Crippen molar-refractivity contribution in [2.24, 2.45) is 13.0 Å². The minimum atomic E-state index is -0.287. The van der Waals surface area contributed by atoms with E-state index in [4.69, 9.17) is 0 Å². The van der Waals surface area contributed by atoms with E-state index in [1.165, 1.54) is 16.6 Å². The average Bonchev–Trinajstić information content (AvgIpc) is 3.14. The van der Waals surface area contributed by atoms with Crippen molar-refractivity contribution >= 4 is 10.9 Å². The fraction of sp³-hybridized carbons (Fsp3) is 0.368. The van der Waals surface area contributed by atoms with Crippen molar-refractivity contribution in [1.82, 2.24) is 19.7 Å². The van der Waals surface area contributed by atoms with Gasteiger partial charge in [-0.3, -0.25) is 14.6 Å². The Balaban J connectivity index is 1.49. The molecule has 1 aromatic carbocycles. The number of hydrogen-bond donors (Lipinski definition) is 1. The number of aryl methyl sites for hydroxylation is 1. The first kappa shape index (κ1) is 15.3. The number of likely N-dealkylation sites (tertiary alicyclic amines) is 1. The second-order valence-corrected chi connectivity index (χ2v) is 6.66. The van der Waals surface area contributed by atoms with Crippen LogP contribution in [0.5, 0.6) is 0 Å². The lowest BCUT2D eigenvalue weighted by molar-refractivity contribution is 0.141. The van der Waals surface area contributed by atoms with E-state index in [1.807, 2.05) is 48.4 Å².